The van der Waals surface area contributed by atoms with Gasteiger partial charge in [0.05, 0.1) is 0 Å². The number of fused-ring (bicyclic) bond motifs is 1. The van der Waals surface area contributed by atoms with Gasteiger partial charge in [0.1, 0.15) is 10.6 Å². The number of aromatic nitrogens is 1. The van der Waals surface area contributed by atoms with Crippen molar-refractivity contribution in [2.75, 3.05) is 37.7 Å². The van der Waals surface area contributed by atoms with Crippen LogP contribution in [0, 0.1) is 0 Å². The quantitative estimate of drug-likeness (QED) is 0.660. The number of sulfonamides is 1. The van der Waals surface area contributed by atoms with Gasteiger partial charge < -0.3 is 10.3 Å². The van der Waals surface area contributed by atoms with E-state index in [1.807, 2.05) is 0 Å². The molecule has 2 N–H and O–H groups in total. The molecule has 1 aromatic heterocycles. The Morgan fingerprint density at radius 1 is 1.19 bits per heavy atom. The van der Waals surface area contributed by atoms with Crippen molar-refractivity contribution >= 4 is 27.7 Å². The Morgan fingerprint density at radius 2 is 1.94 bits per heavy atom. The number of benzene rings is 1. The first kappa shape index (κ1) is 22.4. The van der Waals surface area contributed by atoms with Crippen LogP contribution in [0.25, 0.3) is 0 Å². The molecule has 1 atom stereocenters. The van der Waals surface area contributed by atoms with Gasteiger partial charge in [0, 0.05) is 56.5 Å². The maximum Gasteiger partial charge on any atom is 0.267 e. The third-order valence-corrected chi connectivity index (χ3v) is 8.97. The monoisotopic (exact) mass is 462 g/mol. The van der Waals surface area contributed by atoms with E-state index in [1.165, 1.54) is 27.7 Å². The van der Waals surface area contributed by atoms with E-state index in [9.17, 15) is 13.2 Å². The zero-order valence-corrected chi connectivity index (χ0v) is 19.5. The number of hydrogen-bond donors (Lipinski definition) is 2. The molecular formula is C22H30N4O3S2. The molecule has 9 heteroatoms. The first-order chi connectivity index (χ1) is 15.0. The Bertz CT molecular complexity index is 1020. The summed E-state index contributed by atoms with van der Waals surface area (Å²) in [6, 6.07) is 10.2. The van der Waals surface area contributed by atoms with Crippen molar-refractivity contribution in [1.82, 2.24) is 19.5 Å². The highest BCUT2D eigenvalue weighted by Gasteiger charge is 2.28. The Morgan fingerprint density at radius 3 is 2.68 bits per heavy atom. The van der Waals surface area contributed by atoms with E-state index in [4.69, 9.17) is 0 Å². The van der Waals surface area contributed by atoms with Gasteiger partial charge in [-0.15, -0.1) is 0 Å². The van der Waals surface area contributed by atoms with Crippen molar-refractivity contribution in [3.05, 3.63) is 53.3 Å². The van der Waals surface area contributed by atoms with Crippen LogP contribution in [0.5, 0.6) is 0 Å². The molecule has 1 unspecified atom stereocenters. The van der Waals surface area contributed by atoms with Crippen molar-refractivity contribution in [3.63, 3.8) is 0 Å². The van der Waals surface area contributed by atoms with Gasteiger partial charge in [-0.1, -0.05) is 31.2 Å². The molecule has 0 bridgehead atoms. The van der Waals surface area contributed by atoms with Crippen molar-refractivity contribution < 1.29 is 13.2 Å². The van der Waals surface area contributed by atoms with Crippen LogP contribution in [0.2, 0.25) is 0 Å². The molecule has 2 aromatic rings. The summed E-state index contributed by atoms with van der Waals surface area (Å²) in [5, 5.41) is 2.99. The highest BCUT2D eigenvalue weighted by Crippen LogP contribution is 2.22. The number of amides is 1. The first-order valence-electron chi connectivity index (χ1n) is 10.8. The van der Waals surface area contributed by atoms with Gasteiger partial charge in [-0.2, -0.15) is 16.1 Å². The van der Waals surface area contributed by atoms with Gasteiger partial charge in [0.25, 0.3) is 5.91 Å². The van der Waals surface area contributed by atoms with E-state index in [0.29, 0.717) is 19.6 Å². The summed E-state index contributed by atoms with van der Waals surface area (Å²) in [4.78, 5) is 18.1. The Balaban J connectivity index is 1.36. The topological polar surface area (TPSA) is 85.5 Å². The zero-order valence-electron chi connectivity index (χ0n) is 17.8. The molecule has 0 radical (unpaired) electrons. The van der Waals surface area contributed by atoms with E-state index in [-0.39, 0.29) is 22.5 Å². The predicted octanol–water partition coefficient (Wildman–Crippen LogP) is 2.32. The number of aromatic amines is 1. The Hall–Kier alpha value is -1.81. The lowest BCUT2D eigenvalue weighted by atomic mass is 9.98. The third-order valence-electron chi connectivity index (χ3n) is 6.16. The second-order valence-electron chi connectivity index (χ2n) is 8.03. The van der Waals surface area contributed by atoms with Crippen LogP contribution in [0.1, 0.15) is 35.0 Å². The van der Waals surface area contributed by atoms with Crippen LogP contribution in [0.15, 0.2) is 41.4 Å². The molecule has 1 saturated heterocycles. The van der Waals surface area contributed by atoms with Crippen LogP contribution in [-0.2, 0) is 23.0 Å². The fourth-order valence-corrected chi connectivity index (χ4v) is 6.83. The SMILES string of the molecule is CCC(CNC(=O)c1cc(S(=O)(=O)N2CCSCC2)c[nH]1)N1CCc2ccccc2C1. The molecule has 1 amide bonds. The molecular weight excluding hydrogens is 432 g/mol. The molecule has 0 saturated carbocycles. The molecule has 0 spiro atoms. The van der Waals surface area contributed by atoms with E-state index >= 15 is 0 Å². The summed E-state index contributed by atoms with van der Waals surface area (Å²) in [5.41, 5.74) is 3.04. The Labute approximate surface area is 188 Å². The van der Waals surface area contributed by atoms with Crippen LogP contribution >= 0.6 is 11.8 Å². The van der Waals surface area contributed by atoms with Crippen LogP contribution in [-0.4, -0.2) is 72.2 Å². The number of nitrogens with zero attached hydrogens (tertiary/aromatic N) is 2. The minimum atomic E-state index is -3.56. The van der Waals surface area contributed by atoms with Crippen molar-refractivity contribution in [2.24, 2.45) is 0 Å². The second-order valence-corrected chi connectivity index (χ2v) is 11.2. The molecule has 7 nitrogen and oxygen atoms in total. The molecule has 31 heavy (non-hydrogen) atoms. The standard InChI is InChI=1S/C22H30N4O3S2/c1-2-19(25-8-7-17-5-3-4-6-18(17)16-25)14-24-22(27)21-13-20(15-23-21)31(28,29)26-9-11-30-12-10-26/h3-6,13,15,19,23H,2,7-12,14,16H2,1H3,(H,24,27). The van der Waals surface area contributed by atoms with Gasteiger partial charge in [-0.05, 0) is 30.0 Å². The molecule has 2 aliphatic rings. The molecule has 0 aliphatic carbocycles. The van der Waals surface area contributed by atoms with Crippen molar-refractivity contribution in [3.8, 4) is 0 Å². The lowest BCUT2D eigenvalue weighted by Gasteiger charge is -2.35. The summed E-state index contributed by atoms with van der Waals surface area (Å²) in [7, 11) is -3.56. The van der Waals surface area contributed by atoms with Gasteiger partial charge in [0.2, 0.25) is 10.0 Å². The number of H-pyrrole nitrogens is 1. The number of rotatable bonds is 7. The summed E-state index contributed by atoms with van der Waals surface area (Å²) >= 11 is 1.76. The summed E-state index contributed by atoms with van der Waals surface area (Å²) in [5.74, 6) is 1.33. The maximum absolute atomic E-state index is 12.8. The molecule has 4 rings (SSSR count). The smallest absolute Gasteiger partial charge is 0.267 e. The largest absolute Gasteiger partial charge is 0.356 e. The van der Waals surface area contributed by atoms with Gasteiger partial charge in [-0.25, -0.2) is 8.42 Å². The number of carbonyl (C=O) groups excluding carboxylic acids is 1. The van der Waals surface area contributed by atoms with Gasteiger partial charge in [-0.3, -0.25) is 9.69 Å². The average molecular weight is 463 g/mol. The van der Waals surface area contributed by atoms with Crippen molar-refractivity contribution in [1.29, 1.82) is 0 Å². The van der Waals surface area contributed by atoms with Crippen LogP contribution in [0.4, 0.5) is 0 Å². The third kappa shape index (κ3) is 5.00. The van der Waals surface area contributed by atoms with Crippen molar-refractivity contribution in [2.45, 2.75) is 37.2 Å². The lowest BCUT2D eigenvalue weighted by Crippen LogP contribution is -2.45. The fraction of sp³-hybridized carbons (Fsp3) is 0.500. The highest BCUT2D eigenvalue weighted by atomic mass is 32.2. The second kappa shape index (κ2) is 9.77. The molecule has 168 valence electrons. The minimum Gasteiger partial charge on any atom is -0.356 e. The summed E-state index contributed by atoms with van der Waals surface area (Å²) < 4.78 is 27.1. The minimum absolute atomic E-state index is 0.157. The number of carbonyl (C=O) groups is 1. The highest BCUT2D eigenvalue weighted by molar-refractivity contribution is 7.99. The fourth-order valence-electron chi connectivity index (χ4n) is 4.26. The van der Waals surface area contributed by atoms with E-state index < -0.39 is 10.0 Å². The lowest BCUT2D eigenvalue weighted by molar-refractivity contribution is 0.0922. The van der Waals surface area contributed by atoms with Crippen LogP contribution < -0.4 is 5.32 Å². The maximum atomic E-state index is 12.8. The molecule has 1 aromatic carbocycles. The summed E-state index contributed by atoms with van der Waals surface area (Å²) in [6.45, 7) is 5.55. The normalized spacial score (nSPS) is 19.0. The van der Waals surface area contributed by atoms with E-state index in [0.717, 1.165) is 37.4 Å². The van der Waals surface area contributed by atoms with E-state index in [2.05, 4.69) is 46.4 Å². The molecule has 3 heterocycles. The number of hydrogen-bond acceptors (Lipinski definition) is 5. The average Bonchev–Trinajstić information content (AvgIpc) is 3.31. The molecule has 1 fully saturated rings. The van der Waals surface area contributed by atoms with Crippen LogP contribution in [0.3, 0.4) is 0 Å². The summed E-state index contributed by atoms with van der Waals surface area (Å²) in [6.07, 6.45) is 3.37. The zero-order chi connectivity index (χ0) is 21.8. The van der Waals surface area contributed by atoms with E-state index in [1.54, 1.807) is 11.8 Å². The predicted molar refractivity (Wildman–Crippen MR) is 124 cm³/mol. The molecule has 2 aliphatic heterocycles. The number of thioether (sulfide) groups is 1. The Kier molecular flexibility index (Phi) is 7.05. The van der Waals surface area contributed by atoms with Gasteiger partial charge in [0.15, 0.2) is 0 Å². The van der Waals surface area contributed by atoms with Gasteiger partial charge >= 0.3 is 0 Å². The number of nitrogens with one attached hydrogen (secondary N) is 2. The first-order valence-corrected chi connectivity index (χ1v) is 13.4.